The molecular weight excluding hydrogens is 250 g/mol. The summed E-state index contributed by atoms with van der Waals surface area (Å²) < 4.78 is 0. The van der Waals surface area contributed by atoms with Crippen LogP contribution in [0.3, 0.4) is 0 Å². The van der Waals surface area contributed by atoms with Crippen LogP contribution in [-0.4, -0.2) is 23.2 Å². The highest BCUT2D eigenvalue weighted by Gasteiger charge is 2.42. The van der Waals surface area contributed by atoms with Gasteiger partial charge < -0.3 is 10.4 Å². The third-order valence-corrected chi connectivity index (χ3v) is 5.20. The molecule has 0 unspecified atom stereocenters. The van der Waals surface area contributed by atoms with Gasteiger partial charge in [-0.1, -0.05) is 46.0 Å². The Morgan fingerprint density at radius 3 is 2.15 bits per heavy atom. The molecule has 2 saturated carbocycles. The molecule has 0 aromatic carbocycles. The molecule has 0 aliphatic heterocycles. The Morgan fingerprint density at radius 2 is 1.60 bits per heavy atom. The molecule has 2 rings (SSSR count). The monoisotopic (exact) mass is 281 g/mol. The predicted octanol–water partition coefficient (Wildman–Crippen LogP) is 3.40. The maximum absolute atomic E-state index is 12.7. The summed E-state index contributed by atoms with van der Waals surface area (Å²) in [6.07, 6.45) is 10.4. The molecule has 0 aromatic heterocycles. The van der Waals surface area contributed by atoms with E-state index in [1.807, 2.05) is 0 Å². The van der Waals surface area contributed by atoms with Crippen molar-refractivity contribution >= 4 is 5.91 Å². The lowest BCUT2D eigenvalue weighted by Gasteiger charge is -2.35. The van der Waals surface area contributed by atoms with Gasteiger partial charge in [0.25, 0.3) is 0 Å². The zero-order chi connectivity index (χ0) is 14.6. The molecule has 2 aliphatic carbocycles. The molecule has 2 N–H and O–H groups in total. The van der Waals surface area contributed by atoms with E-state index in [0.29, 0.717) is 12.5 Å². The van der Waals surface area contributed by atoms with Crippen molar-refractivity contribution in [2.75, 3.05) is 6.54 Å². The van der Waals surface area contributed by atoms with Gasteiger partial charge in [-0.2, -0.15) is 0 Å². The van der Waals surface area contributed by atoms with E-state index in [2.05, 4.69) is 19.2 Å². The number of amides is 1. The van der Waals surface area contributed by atoms with Gasteiger partial charge in [0.1, 0.15) is 0 Å². The largest absolute Gasteiger partial charge is 0.388 e. The van der Waals surface area contributed by atoms with Gasteiger partial charge in [-0.3, -0.25) is 4.79 Å². The van der Waals surface area contributed by atoms with Crippen LogP contribution in [-0.2, 0) is 4.79 Å². The lowest BCUT2D eigenvalue weighted by atomic mass is 9.77. The van der Waals surface area contributed by atoms with Crippen LogP contribution >= 0.6 is 0 Å². The molecule has 0 radical (unpaired) electrons. The van der Waals surface area contributed by atoms with Crippen molar-refractivity contribution in [3.63, 3.8) is 0 Å². The zero-order valence-electron chi connectivity index (χ0n) is 13.2. The molecule has 3 nitrogen and oxygen atoms in total. The summed E-state index contributed by atoms with van der Waals surface area (Å²) in [7, 11) is 0. The second kappa shape index (κ2) is 6.46. The second-order valence-electron chi connectivity index (χ2n) is 7.55. The summed E-state index contributed by atoms with van der Waals surface area (Å²) in [4.78, 5) is 12.7. The van der Waals surface area contributed by atoms with E-state index in [1.165, 1.54) is 19.3 Å². The van der Waals surface area contributed by atoms with Gasteiger partial charge in [0.05, 0.1) is 5.60 Å². The van der Waals surface area contributed by atoms with Crippen molar-refractivity contribution in [1.82, 2.24) is 5.32 Å². The first-order valence-corrected chi connectivity index (χ1v) is 8.47. The number of hydrogen-bond acceptors (Lipinski definition) is 2. The molecule has 2 fully saturated rings. The average Bonchev–Trinajstić information content (AvgIpc) is 2.86. The SMILES string of the molecule is CC(C)CC1(C(=O)NCC2(O)CCCCC2)CCCC1. The van der Waals surface area contributed by atoms with Gasteiger partial charge in [-0.15, -0.1) is 0 Å². The lowest BCUT2D eigenvalue weighted by molar-refractivity contribution is -0.133. The first-order valence-electron chi connectivity index (χ1n) is 8.47. The fourth-order valence-electron chi connectivity index (χ4n) is 4.18. The molecule has 0 heterocycles. The number of carbonyl (C=O) groups is 1. The van der Waals surface area contributed by atoms with E-state index in [9.17, 15) is 9.90 Å². The van der Waals surface area contributed by atoms with Crippen molar-refractivity contribution in [3.05, 3.63) is 0 Å². The molecule has 0 aromatic rings. The predicted molar refractivity (Wildman–Crippen MR) is 81.4 cm³/mol. The quantitative estimate of drug-likeness (QED) is 0.811. The van der Waals surface area contributed by atoms with Gasteiger partial charge in [0, 0.05) is 12.0 Å². The molecule has 2 aliphatic rings. The van der Waals surface area contributed by atoms with E-state index in [4.69, 9.17) is 0 Å². The van der Waals surface area contributed by atoms with E-state index >= 15 is 0 Å². The maximum Gasteiger partial charge on any atom is 0.226 e. The number of hydrogen-bond donors (Lipinski definition) is 2. The van der Waals surface area contributed by atoms with Crippen LogP contribution in [0.25, 0.3) is 0 Å². The average molecular weight is 281 g/mol. The van der Waals surface area contributed by atoms with Crippen LogP contribution < -0.4 is 5.32 Å². The summed E-state index contributed by atoms with van der Waals surface area (Å²) in [5, 5.41) is 13.6. The van der Waals surface area contributed by atoms with Crippen molar-refractivity contribution in [1.29, 1.82) is 0 Å². The topological polar surface area (TPSA) is 49.3 Å². The number of rotatable bonds is 5. The molecule has 0 bridgehead atoms. The van der Waals surface area contributed by atoms with Gasteiger partial charge in [-0.05, 0) is 38.0 Å². The van der Waals surface area contributed by atoms with Crippen molar-refractivity contribution in [2.24, 2.45) is 11.3 Å². The van der Waals surface area contributed by atoms with Crippen molar-refractivity contribution in [2.45, 2.75) is 83.7 Å². The van der Waals surface area contributed by atoms with E-state index in [1.54, 1.807) is 0 Å². The Kier molecular flexibility index (Phi) is 5.11. The first-order chi connectivity index (χ1) is 9.46. The molecule has 0 spiro atoms. The Hall–Kier alpha value is -0.570. The minimum absolute atomic E-state index is 0.154. The second-order valence-corrected chi connectivity index (χ2v) is 7.55. The molecule has 20 heavy (non-hydrogen) atoms. The fourth-order valence-corrected chi connectivity index (χ4v) is 4.18. The highest BCUT2D eigenvalue weighted by Crippen LogP contribution is 2.43. The summed E-state index contributed by atoms with van der Waals surface area (Å²) in [6.45, 7) is 4.84. The minimum atomic E-state index is -0.647. The highest BCUT2D eigenvalue weighted by molar-refractivity contribution is 5.83. The molecular formula is C17H31NO2. The Bertz CT molecular complexity index is 326. The minimum Gasteiger partial charge on any atom is -0.388 e. The van der Waals surface area contributed by atoms with Gasteiger partial charge in [0.2, 0.25) is 5.91 Å². The summed E-state index contributed by atoms with van der Waals surface area (Å²) in [6, 6.07) is 0. The van der Waals surface area contributed by atoms with Crippen LogP contribution in [0.2, 0.25) is 0 Å². The standard InChI is InChI=1S/C17H31NO2/c1-14(2)12-16(8-6-7-9-16)15(19)18-13-17(20)10-4-3-5-11-17/h14,20H,3-13H2,1-2H3,(H,18,19). The lowest BCUT2D eigenvalue weighted by Crippen LogP contribution is -2.48. The molecule has 0 saturated heterocycles. The van der Waals surface area contributed by atoms with E-state index in [-0.39, 0.29) is 11.3 Å². The van der Waals surface area contributed by atoms with E-state index in [0.717, 1.165) is 44.9 Å². The Labute approximate surface area is 123 Å². The normalized spacial score (nSPS) is 24.8. The molecule has 3 heteroatoms. The maximum atomic E-state index is 12.7. The summed E-state index contributed by atoms with van der Waals surface area (Å²) >= 11 is 0. The van der Waals surface area contributed by atoms with Gasteiger partial charge in [-0.25, -0.2) is 0 Å². The van der Waals surface area contributed by atoms with Crippen molar-refractivity contribution in [3.8, 4) is 0 Å². The fraction of sp³-hybridized carbons (Fsp3) is 0.941. The highest BCUT2D eigenvalue weighted by atomic mass is 16.3. The number of carbonyl (C=O) groups excluding carboxylic acids is 1. The third-order valence-electron chi connectivity index (χ3n) is 5.20. The summed E-state index contributed by atoms with van der Waals surface area (Å²) in [5.41, 5.74) is -0.801. The van der Waals surface area contributed by atoms with Crippen LogP contribution in [0, 0.1) is 11.3 Å². The number of nitrogens with one attached hydrogen (secondary N) is 1. The first kappa shape index (κ1) is 15.8. The number of aliphatic hydroxyl groups is 1. The third kappa shape index (κ3) is 3.75. The van der Waals surface area contributed by atoms with Crippen LogP contribution in [0.5, 0.6) is 0 Å². The van der Waals surface area contributed by atoms with Crippen LogP contribution in [0.1, 0.15) is 78.1 Å². The van der Waals surface area contributed by atoms with E-state index < -0.39 is 5.60 Å². The molecule has 1 amide bonds. The smallest absolute Gasteiger partial charge is 0.226 e. The zero-order valence-corrected chi connectivity index (χ0v) is 13.2. The van der Waals surface area contributed by atoms with Gasteiger partial charge >= 0.3 is 0 Å². The van der Waals surface area contributed by atoms with Crippen molar-refractivity contribution < 1.29 is 9.90 Å². The molecule has 116 valence electrons. The Morgan fingerprint density at radius 1 is 1.05 bits per heavy atom. The molecule has 0 atom stereocenters. The van der Waals surface area contributed by atoms with Crippen LogP contribution in [0.4, 0.5) is 0 Å². The van der Waals surface area contributed by atoms with Crippen LogP contribution in [0.15, 0.2) is 0 Å². The Balaban J connectivity index is 1.91. The summed E-state index contributed by atoms with van der Waals surface area (Å²) in [5.74, 6) is 0.749. The van der Waals surface area contributed by atoms with Gasteiger partial charge in [0.15, 0.2) is 0 Å².